The molecule has 2 N–H and O–H groups in total. The van der Waals surface area contributed by atoms with Gasteiger partial charge in [-0.05, 0) is 44.8 Å². The van der Waals surface area contributed by atoms with Crippen molar-refractivity contribution >= 4 is 24.8 Å². The van der Waals surface area contributed by atoms with Gasteiger partial charge in [0, 0.05) is 11.6 Å². The molecule has 1 saturated heterocycles. The summed E-state index contributed by atoms with van der Waals surface area (Å²) in [6.07, 6.45) is 1.95. The van der Waals surface area contributed by atoms with Gasteiger partial charge in [0.2, 0.25) is 0 Å². The van der Waals surface area contributed by atoms with Crippen LogP contribution in [0.15, 0.2) is 29.7 Å². The van der Waals surface area contributed by atoms with Gasteiger partial charge in [-0.1, -0.05) is 35.9 Å². The Hall–Kier alpha value is -0.805. The second-order valence-corrected chi connectivity index (χ2v) is 6.44. The summed E-state index contributed by atoms with van der Waals surface area (Å²) in [5, 5.41) is 0.690. The van der Waals surface area contributed by atoms with Gasteiger partial charge in [-0.25, -0.2) is 0 Å². The molecule has 0 spiro atoms. The highest BCUT2D eigenvalue weighted by Crippen LogP contribution is 2.38. The second kappa shape index (κ2) is 5.53. The summed E-state index contributed by atoms with van der Waals surface area (Å²) in [5.41, 5.74) is 6.93. The Bertz CT molecular complexity index is 512. The molecule has 1 aliphatic heterocycles. The molecule has 0 aromatic heterocycles. The standard InChI is InChI=1S/C15H21BClNO2/c1-14(2)15(3,4)20-16(19-14)12(10-18)9-11-7-5-6-8-13(11)17/h5-9H,10,18H2,1-4H3. The molecule has 0 atom stereocenters. The highest BCUT2D eigenvalue weighted by molar-refractivity contribution is 6.56. The Labute approximate surface area is 126 Å². The molecule has 1 aromatic rings. The number of halogens is 1. The number of hydrogen-bond donors (Lipinski definition) is 1. The molecule has 3 nitrogen and oxygen atoms in total. The minimum atomic E-state index is -0.429. The minimum Gasteiger partial charge on any atom is -0.400 e. The van der Waals surface area contributed by atoms with Crippen LogP contribution in [-0.2, 0) is 9.31 Å². The molecule has 108 valence electrons. The van der Waals surface area contributed by atoms with Gasteiger partial charge in [0.15, 0.2) is 0 Å². The molecular weight excluding hydrogens is 272 g/mol. The maximum absolute atomic E-state index is 6.18. The molecule has 5 heteroatoms. The van der Waals surface area contributed by atoms with E-state index in [2.05, 4.69) is 0 Å². The van der Waals surface area contributed by atoms with Gasteiger partial charge in [0.05, 0.1) is 11.2 Å². The van der Waals surface area contributed by atoms with Crippen LogP contribution in [0.4, 0.5) is 0 Å². The van der Waals surface area contributed by atoms with Crippen molar-refractivity contribution in [3.05, 3.63) is 40.3 Å². The Kier molecular flexibility index (Phi) is 4.31. The maximum atomic E-state index is 6.18. The molecule has 1 aliphatic rings. The van der Waals surface area contributed by atoms with Crippen LogP contribution in [0.5, 0.6) is 0 Å². The number of nitrogens with two attached hydrogens (primary N) is 1. The fourth-order valence-electron chi connectivity index (χ4n) is 2.01. The van der Waals surface area contributed by atoms with Crippen LogP contribution in [0, 0.1) is 0 Å². The van der Waals surface area contributed by atoms with Crippen molar-refractivity contribution < 1.29 is 9.31 Å². The van der Waals surface area contributed by atoms with Crippen LogP contribution < -0.4 is 5.73 Å². The zero-order chi connectivity index (χ0) is 15.0. The second-order valence-electron chi connectivity index (χ2n) is 6.03. The summed E-state index contributed by atoms with van der Waals surface area (Å²) in [6.45, 7) is 8.46. The van der Waals surface area contributed by atoms with Crippen molar-refractivity contribution in [2.45, 2.75) is 38.9 Å². The molecule has 1 heterocycles. The summed E-state index contributed by atoms with van der Waals surface area (Å²) in [4.78, 5) is 0. The van der Waals surface area contributed by atoms with E-state index in [-0.39, 0.29) is 11.2 Å². The molecule has 0 aliphatic carbocycles. The van der Waals surface area contributed by atoms with E-state index < -0.39 is 7.12 Å². The zero-order valence-corrected chi connectivity index (χ0v) is 13.2. The van der Waals surface area contributed by atoms with Crippen molar-refractivity contribution in [2.75, 3.05) is 6.54 Å². The van der Waals surface area contributed by atoms with Crippen LogP contribution in [0.3, 0.4) is 0 Å². The predicted octanol–water partition coefficient (Wildman–Crippen LogP) is 3.31. The molecule has 1 aromatic carbocycles. The van der Waals surface area contributed by atoms with Gasteiger partial charge in [-0.15, -0.1) is 0 Å². The van der Waals surface area contributed by atoms with Crippen molar-refractivity contribution in [1.29, 1.82) is 0 Å². The van der Waals surface area contributed by atoms with E-state index in [9.17, 15) is 0 Å². The van der Waals surface area contributed by atoms with Crippen molar-refractivity contribution in [1.82, 2.24) is 0 Å². The molecule has 2 rings (SSSR count). The Balaban J connectivity index is 2.29. The summed E-state index contributed by atoms with van der Waals surface area (Å²) < 4.78 is 12.0. The van der Waals surface area contributed by atoms with Crippen molar-refractivity contribution in [3.63, 3.8) is 0 Å². The number of rotatable bonds is 3. The van der Waals surface area contributed by atoms with Crippen LogP contribution in [0.25, 0.3) is 6.08 Å². The molecule has 0 unspecified atom stereocenters. The lowest BCUT2D eigenvalue weighted by atomic mass is 9.77. The summed E-state index contributed by atoms with van der Waals surface area (Å²) in [5.74, 6) is 0. The lowest BCUT2D eigenvalue weighted by Gasteiger charge is -2.32. The molecule has 1 fully saturated rings. The Morgan fingerprint density at radius 3 is 2.25 bits per heavy atom. The van der Waals surface area contributed by atoms with Crippen molar-refractivity contribution in [2.24, 2.45) is 5.73 Å². The highest BCUT2D eigenvalue weighted by Gasteiger charge is 2.52. The van der Waals surface area contributed by atoms with Crippen LogP contribution in [0.1, 0.15) is 33.3 Å². The van der Waals surface area contributed by atoms with E-state index in [1.54, 1.807) is 0 Å². The SMILES string of the molecule is CC1(C)OB(C(=Cc2ccccc2Cl)CN)OC1(C)C. The van der Waals surface area contributed by atoms with E-state index in [1.165, 1.54) is 0 Å². The lowest BCUT2D eigenvalue weighted by Crippen LogP contribution is -2.41. The predicted molar refractivity (Wildman–Crippen MR) is 84.6 cm³/mol. The van der Waals surface area contributed by atoms with Gasteiger partial charge >= 0.3 is 7.12 Å². The molecule has 0 amide bonds. The maximum Gasteiger partial charge on any atom is 0.491 e. The normalized spacial score (nSPS) is 21.3. The highest BCUT2D eigenvalue weighted by atomic mass is 35.5. The van der Waals surface area contributed by atoms with Crippen LogP contribution >= 0.6 is 11.6 Å². The third kappa shape index (κ3) is 2.94. The zero-order valence-electron chi connectivity index (χ0n) is 12.4. The van der Waals surface area contributed by atoms with Crippen LogP contribution in [0.2, 0.25) is 5.02 Å². The minimum absolute atomic E-state index is 0.363. The summed E-state index contributed by atoms with van der Waals surface area (Å²) in [6, 6.07) is 7.64. The fraction of sp³-hybridized carbons (Fsp3) is 0.467. The first-order chi connectivity index (χ1) is 9.27. The number of benzene rings is 1. The third-order valence-corrected chi connectivity index (χ3v) is 4.38. The molecule has 0 bridgehead atoms. The van der Waals surface area contributed by atoms with Gasteiger partial charge in [0.1, 0.15) is 0 Å². The van der Waals surface area contributed by atoms with Gasteiger partial charge in [0.25, 0.3) is 0 Å². The topological polar surface area (TPSA) is 44.5 Å². The van der Waals surface area contributed by atoms with E-state index in [1.807, 2.05) is 58.0 Å². The largest absolute Gasteiger partial charge is 0.491 e. The molecule has 0 radical (unpaired) electrons. The van der Waals surface area contributed by atoms with Gasteiger partial charge in [-0.3, -0.25) is 0 Å². The molecule has 0 saturated carbocycles. The first kappa shape index (κ1) is 15.6. The van der Waals surface area contributed by atoms with Gasteiger partial charge in [-0.2, -0.15) is 0 Å². The smallest absolute Gasteiger partial charge is 0.400 e. The first-order valence-electron chi connectivity index (χ1n) is 6.77. The van der Waals surface area contributed by atoms with E-state index >= 15 is 0 Å². The summed E-state index contributed by atoms with van der Waals surface area (Å²) in [7, 11) is -0.429. The third-order valence-electron chi connectivity index (χ3n) is 4.04. The average Bonchev–Trinajstić information content (AvgIpc) is 2.57. The van der Waals surface area contributed by atoms with E-state index in [0.29, 0.717) is 11.6 Å². The molecular formula is C15H21BClNO2. The Morgan fingerprint density at radius 1 is 1.20 bits per heavy atom. The first-order valence-corrected chi connectivity index (χ1v) is 7.15. The fourth-order valence-corrected chi connectivity index (χ4v) is 2.20. The monoisotopic (exact) mass is 293 g/mol. The number of hydrogen-bond acceptors (Lipinski definition) is 3. The summed E-state index contributed by atoms with van der Waals surface area (Å²) >= 11 is 6.18. The molecule has 20 heavy (non-hydrogen) atoms. The lowest BCUT2D eigenvalue weighted by molar-refractivity contribution is 0.00578. The van der Waals surface area contributed by atoms with Gasteiger partial charge < -0.3 is 15.0 Å². The van der Waals surface area contributed by atoms with Crippen LogP contribution in [-0.4, -0.2) is 24.9 Å². The quantitative estimate of drug-likeness (QED) is 0.870. The van der Waals surface area contributed by atoms with E-state index in [4.69, 9.17) is 26.6 Å². The van der Waals surface area contributed by atoms with E-state index in [0.717, 1.165) is 11.0 Å². The Morgan fingerprint density at radius 2 is 1.75 bits per heavy atom. The average molecular weight is 294 g/mol. The van der Waals surface area contributed by atoms with Crippen molar-refractivity contribution in [3.8, 4) is 0 Å².